The molecule has 0 fully saturated rings. The molecule has 5 nitrogen and oxygen atoms in total. The molecule has 0 unspecified atom stereocenters. The van der Waals surface area contributed by atoms with E-state index in [0.717, 1.165) is 0 Å². The smallest absolute Gasteiger partial charge is 0.241 e. The summed E-state index contributed by atoms with van der Waals surface area (Å²) in [5.41, 5.74) is 5.32. The first-order valence-corrected chi connectivity index (χ1v) is 5.79. The lowest BCUT2D eigenvalue weighted by Crippen LogP contribution is -2.29. The molecule has 0 spiro atoms. The lowest BCUT2D eigenvalue weighted by molar-refractivity contribution is 0.582. The molecule has 0 aromatic heterocycles. The lowest BCUT2D eigenvalue weighted by Gasteiger charge is -2.06. The van der Waals surface area contributed by atoms with Crippen LogP contribution in [0.4, 0.5) is 0 Å². The van der Waals surface area contributed by atoms with Gasteiger partial charge in [0.15, 0.2) is 0 Å². The summed E-state index contributed by atoms with van der Waals surface area (Å²) < 4.78 is 25.6. The van der Waals surface area contributed by atoms with Crippen LogP contribution < -0.4 is 10.5 Å². The number of benzene rings is 1. The Morgan fingerprint density at radius 3 is 2.67 bits per heavy atom. The molecule has 0 atom stereocenters. The molecule has 1 aromatic rings. The second-order valence-corrected chi connectivity index (χ2v) is 4.53. The highest BCUT2D eigenvalue weighted by Crippen LogP contribution is 2.13. The van der Waals surface area contributed by atoms with Crippen molar-refractivity contribution in [3.05, 3.63) is 29.8 Å². The van der Waals surface area contributed by atoms with Gasteiger partial charge in [-0.25, -0.2) is 13.1 Å². The fraction of sp³-hybridized carbons (Fsp3) is 0.222. The Kier molecular flexibility index (Phi) is 3.80. The van der Waals surface area contributed by atoms with Gasteiger partial charge in [-0.2, -0.15) is 5.26 Å². The van der Waals surface area contributed by atoms with Crippen LogP contribution in [-0.2, 0) is 10.0 Å². The zero-order valence-corrected chi connectivity index (χ0v) is 8.79. The summed E-state index contributed by atoms with van der Waals surface area (Å²) in [5.74, 6) is 0. The van der Waals surface area contributed by atoms with Crippen molar-refractivity contribution in [2.24, 2.45) is 5.73 Å². The van der Waals surface area contributed by atoms with Crippen LogP contribution in [0.2, 0.25) is 0 Å². The van der Waals surface area contributed by atoms with E-state index in [9.17, 15) is 8.42 Å². The van der Waals surface area contributed by atoms with Gasteiger partial charge in [0.2, 0.25) is 10.0 Å². The zero-order chi connectivity index (χ0) is 11.3. The Hall–Kier alpha value is -1.42. The van der Waals surface area contributed by atoms with Crippen LogP contribution in [0.5, 0.6) is 0 Å². The molecule has 0 bridgehead atoms. The quantitative estimate of drug-likeness (QED) is 0.741. The van der Waals surface area contributed by atoms with Gasteiger partial charge in [0.1, 0.15) is 6.07 Å². The molecule has 3 N–H and O–H groups in total. The third-order valence-corrected chi connectivity index (χ3v) is 3.25. The van der Waals surface area contributed by atoms with E-state index in [2.05, 4.69) is 4.72 Å². The second-order valence-electron chi connectivity index (χ2n) is 2.79. The Balaban J connectivity index is 3.11. The number of hydrogen-bond acceptors (Lipinski definition) is 4. The molecule has 0 amide bonds. The maximum Gasteiger partial charge on any atom is 0.241 e. The Morgan fingerprint density at radius 2 is 2.07 bits per heavy atom. The molecule has 0 heterocycles. The highest BCUT2D eigenvalue weighted by molar-refractivity contribution is 7.89. The minimum absolute atomic E-state index is 0.0130. The van der Waals surface area contributed by atoms with E-state index in [1.54, 1.807) is 12.1 Å². The van der Waals surface area contributed by atoms with Gasteiger partial charge < -0.3 is 5.73 Å². The summed E-state index contributed by atoms with van der Waals surface area (Å²) >= 11 is 0. The van der Waals surface area contributed by atoms with E-state index in [1.807, 2.05) is 6.07 Å². The second kappa shape index (κ2) is 4.89. The van der Waals surface area contributed by atoms with Crippen LogP contribution >= 0.6 is 0 Å². The van der Waals surface area contributed by atoms with Gasteiger partial charge in [-0.3, -0.25) is 0 Å². The minimum atomic E-state index is -3.62. The molecule has 15 heavy (non-hydrogen) atoms. The van der Waals surface area contributed by atoms with Crippen molar-refractivity contribution in [1.29, 1.82) is 5.26 Å². The van der Waals surface area contributed by atoms with E-state index < -0.39 is 10.0 Å². The number of sulfonamides is 1. The van der Waals surface area contributed by atoms with Crippen LogP contribution in [0.15, 0.2) is 29.2 Å². The first-order valence-electron chi connectivity index (χ1n) is 4.30. The highest BCUT2D eigenvalue weighted by Gasteiger charge is 2.16. The van der Waals surface area contributed by atoms with Crippen molar-refractivity contribution >= 4 is 10.0 Å². The van der Waals surface area contributed by atoms with Gasteiger partial charge in [0, 0.05) is 13.1 Å². The first-order chi connectivity index (χ1) is 7.11. The monoisotopic (exact) mass is 225 g/mol. The van der Waals surface area contributed by atoms with Crippen LogP contribution in [0.25, 0.3) is 0 Å². The summed E-state index contributed by atoms with van der Waals surface area (Å²) in [6.07, 6.45) is 0. The molecular weight excluding hydrogens is 214 g/mol. The molecule has 1 aromatic carbocycles. The molecule has 0 radical (unpaired) electrons. The van der Waals surface area contributed by atoms with Crippen LogP contribution in [-0.4, -0.2) is 21.5 Å². The average Bonchev–Trinajstić information content (AvgIpc) is 2.26. The minimum Gasteiger partial charge on any atom is -0.329 e. The maximum atomic E-state index is 11.7. The van der Waals surface area contributed by atoms with Crippen molar-refractivity contribution in [3.63, 3.8) is 0 Å². The van der Waals surface area contributed by atoms with E-state index in [4.69, 9.17) is 11.0 Å². The normalized spacial score (nSPS) is 10.9. The van der Waals surface area contributed by atoms with Gasteiger partial charge in [0.05, 0.1) is 10.5 Å². The molecule has 0 aliphatic heterocycles. The molecule has 80 valence electrons. The molecule has 0 aliphatic rings. The number of nitriles is 1. The third kappa shape index (κ3) is 2.76. The van der Waals surface area contributed by atoms with Crippen molar-refractivity contribution < 1.29 is 8.42 Å². The Morgan fingerprint density at radius 1 is 1.40 bits per heavy atom. The third-order valence-electron chi connectivity index (χ3n) is 1.73. The van der Waals surface area contributed by atoms with Crippen molar-refractivity contribution in [2.75, 3.05) is 13.1 Å². The molecular formula is C9H11N3O2S. The Labute approximate surface area is 88.6 Å². The molecule has 0 saturated carbocycles. The maximum absolute atomic E-state index is 11.7. The van der Waals surface area contributed by atoms with Gasteiger partial charge in [-0.15, -0.1) is 0 Å². The fourth-order valence-electron chi connectivity index (χ4n) is 1.06. The van der Waals surface area contributed by atoms with Gasteiger partial charge in [-0.1, -0.05) is 12.1 Å². The Bertz CT molecular complexity index is 476. The molecule has 0 aliphatic carbocycles. The first kappa shape index (κ1) is 11.7. The molecule has 0 saturated heterocycles. The predicted molar refractivity (Wildman–Crippen MR) is 55.4 cm³/mol. The summed E-state index contributed by atoms with van der Waals surface area (Å²) in [6, 6.07) is 7.85. The van der Waals surface area contributed by atoms with Crippen molar-refractivity contribution in [2.45, 2.75) is 4.90 Å². The number of nitrogens with one attached hydrogen (secondary N) is 1. The zero-order valence-electron chi connectivity index (χ0n) is 7.97. The van der Waals surface area contributed by atoms with Crippen LogP contribution in [0, 0.1) is 11.3 Å². The van der Waals surface area contributed by atoms with E-state index >= 15 is 0 Å². The topological polar surface area (TPSA) is 96.0 Å². The predicted octanol–water partition coefficient (Wildman–Crippen LogP) is -0.205. The van der Waals surface area contributed by atoms with Crippen LogP contribution in [0.1, 0.15) is 5.56 Å². The lowest BCUT2D eigenvalue weighted by atomic mass is 10.2. The van der Waals surface area contributed by atoms with E-state index in [-0.39, 0.29) is 23.5 Å². The highest BCUT2D eigenvalue weighted by atomic mass is 32.2. The summed E-state index contributed by atoms with van der Waals surface area (Å²) in [5, 5.41) is 8.74. The largest absolute Gasteiger partial charge is 0.329 e. The van der Waals surface area contributed by atoms with E-state index in [0.29, 0.717) is 0 Å². The number of nitrogens with two attached hydrogens (primary N) is 1. The summed E-state index contributed by atoms with van der Waals surface area (Å²) in [4.78, 5) is -0.0130. The van der Waals surface area contributed by atoms with Gasteiger partial charge in [0.25, 0.3) is 0 Å². The van der Waals surface area contributed by atoms with Crippen molar-refractivity contribution in [1.82, 2.24) is 4.72 Å². The number of nitrogens with zero attached hydrogens (tertiary/aromatic N) is 1. The summed E-state index contributed by atoms with van der Waals surface area (Å²) in [7, 11) is -3.62. The van der Waals surface area contributed by atoms with Gasteiger partial charge in [-0.05, 0) is 12.1 Å². The van der Waals surface area contributed by atoms with Crippen LogP contribution in [0.3, 0.4) is 0 Å². The van der Waals surface area contributed by atoms with Crippen molar-refractivity contribution in [3.8, 4) is 6.07 Å². The standard InChI is InChI=1S/C9H11N3O2S/c10-5-6-12-15(13,14)9-4-2-1-3-8(9)7-11/h1-4,12H,5-6,10H2. The SMILES string of the molecule is N#Cc1ccccc1S(=O)(=O)NCCN. The van der Waals surface area contributed by atoms with E-state index in [1.165, 1.54) is 12.1 Å². The molecule has 1 rings (SSSR count). The fourth-order valence-corrected chi connectivity index (χ4v) is 2.27. The molecule has 6 heteroatoms. The number of hydrogen-bond donors (Lipinski definition) is 2. The average molecular weight is 225 g/mol. The number of rotatable bonds is 4. The summed E-state index contributed by atoms with van der Waals surface area (Å²) in [6.45, 7) is 0.371. The van der Waals surface area contributed by atoms with Gasteiger partial charge >= 0.3 is 0 Å².